The van der Waals surface area contributed by atoms with Crippen molar-refractivity contribution >= 4 is 9.84 Å². The molecule has 2 fully saturated rings. The fraction of sp³-hybridized carbons (Fsp3) is 1.00. The van der Waals surface area contributed by atoms with E-state index in [1.54, 1.807) is 0 Å². The molecule has 1 N–H and O–H groups in total. The second kappa shape index (κ2) is 4.63. The minimum atomic E-state index is -2.83. The number of rotatable bonds is 4. The Morgan fingerprint density at radius 1 is 1.25 bits per heavy atom. The molecule has 0 spiro atoms. The number of piperidine rings is 1. The summed E-state index contributed by atoms with van der Waals surface area (Å²) in [6.07, 6.45) is 5.96. The Morgan fingerprint density at radius 2 is 1.81 bits per heavy atom. The van der Waals surface area contributed by atoms with E-state index < -0.39 is 9.84 Å². The molecule has 16 heavy (non-hydrogen) atoms. The average molecular weight is 247 g/mol. The number of hydrogen-bond acceptors (Lipinski definition) is 4. The molecule has 2 aliphatic rings. The summed E-state index contributed by atoms with van der Waals surface area (Å²) in [6, 6.07) is 0.988. The number of nitrogens with zero attached hydrogens (tertiary/aromatic N) is 1. The quantitative estimate of drug-likeness (QED) is 0.781. The van der Waals surface area contributed by atoms with E-state index in [-0.39, 0.29) is 11.9 Å². The van der Waals surface area contributed by atoms with E-state index in [2.05, 4.69) is 4.90 Å². The number of aliphatic hydroxyl groups excluding tert-OH is 1. The van der Waals surface area contributed by atoms with Gasteiger partial charge in [0.1, 0.15) is 9.84 Å². The molecule has 2 rings (SSSR count). The maximum atomic E-state index is 11.0. The van der Waals surface area contributed by atoms with E-state index in [4.69, 9.17) is 0 Å². The van der Waals surface area contributed by atoms with Gasteiger partial charge >= 0.3 is 0 Å². The summed E-state index contributed by atoms with van der Waals surface area (Å²) in [5.41, 5.74) is 0. The number of sulfone groups is 1. The van der Waals surface area contributed by atoms with Crippen LogP contribution in [0.3, 0.4) is 0 Å². The zero-order valence-electron chi connectivity index (χ0n) is 9.80. The van der Waals surface area contributed by atoms with Gasteiger partial charge in [-0.05, 0) is 38.6 Å². The lowest BCUT2D eigenvalue weighted by molar-refractivity contribution is 0.0357. The average Bonchev–Trinajstić information content (AvgIpc) is 2.41. The summed E-state index contributed by atoms with van der Waals surface area (Å²) in [6.45, 7) is 0.870. The van der Waals surface area contributed by atoms with Gasteiger partial charge in [-0.25, -0.2) is 8.42 Å². The minimum absolute atomic E-state index is 0.136. The van der Waals surface area contributed by atoms with Gasteiger partial charge in [-0.3, -0.25) is 4.90 Å². The molecule has 2 atom stereocenters. The second-order valence-corrected chi connectivity index (χ2v) is 7.49. The summed E-state index contributed by atoms with van der Waals surface area (Å²) < 4.78 is 22.1. The summed E-state index contributed by atoms with van der Waals surface area (Å²) in [4.78, 5) is 2.41. The third kappa shape index (κ3) is 2.96. The van der Waals surface area contributed by atoms with Gasteiger partial charge in [-0.15, -0.1) is 0 Å². The summed E-state index contributed by atoms with van der Waals surface area (Å²) in [5, 5.41) is 9.64. The fourth-order valence-electron chi connectivity index (χ4n) is 3.12. The lowest BCUT2D eigenvalue weighted by atomic mass is 10.00. The lowest BCUT2D eigenvalue weighted by Crippen LogP contribution is -2.45. The first-order valence-corrected chi connectivity index (χ1v) is 8.13. The van der Waals surface area contributed by atoms with Gasteiger partial charge < -0.3 is 5.11 Å². The van der Waals surface area contributed by atoms with Crippen LogP contribution in [0.25, 0.3) is 0 Å². The predicted octanol–water partition coefficient (Wildman–Crippen LogP) is 0.409. The van der Waals surface area contributed by atoms with E-state index in [9.17, 15) is 13.5 Å². The minimum Gasteiger partial charge on any atom is -0.393 e. The summed E-state index contributed by atoms with van der Waals surface area (Å²) in [5.74, 6) is 0.283. The Kier molecular flexibility index (Phi) is 3.56. The van der Waals surface area contributed by atoms with Crippen LogP contribution in [0.1, 0.15) is 32.1 Å². The molecule has 2 aliphatic heterocycles. The van der Waals surface area contributed by atoms with Crippen LogP contribution in [0, 0.1) is 0 Å². The highest BCUT2D eigenvalue weighted by molar-refractivity contribution is 7.90. The van der Waals surface area contributed by atoms with Gasteiger partial charge in [0.2, 0.25) is 0 Å². The molecule has 2 unspecified atom stereocenters. The number of hydrogen-bond donors (Lipinski definition) is 1. The van der Waals surface area contributed by atoms with Crippen molar-refractivity contribution in [1.29, 1.82) is 0 Å². The fourth-order valence-corrected chi connectivity index (χ4v) is 3.77. The molecule has 2 heterocycles. The largest absolute Gasteiger partial charge is 0.393 e. The normalized spacial score (nSPS) is 35.5. The van der Waals surface area contributed by atoms with Crippen molar-refractivity contribution in [2.75, 3.05) is 18.6 Å². The Morgan fingerprint density at radius 3 is 2.31 bits per heavy atom. The Balaban J connectivity index is 1.83. The summed E-state index contributed by atoms with van der Waals surface area (Å²) >= 11 is 0. The van der Waals surface area contributed by atoms with Crippen LogP contribution in [-0.4, -0.2) is 55.2 Å². The van der Waals surface area contributed by atoms with E-state index in [1.807, 2.05) is 0 Å². The van der Waals surface area contributed by atoms with E-state index >= 15 is 0 Å². The molecule has 0 aromatic carbocycles. The first kappa shape index (κ1) is 12.3. The number of fused-ring (bicyclic) bond motifs is 2. The molecule has 0 amide bonds. The van der Waals surface area contributed by atoms with Crippen molar-refractivity contribution in [2.45, 2.75) is 50.3 Å². The highest BCUT2D eigenvalue weighted by Gasteiger charge is 2.39. The third-order valence-electron chi connectivity index (χ3n) is 3.79. The molecule has 0 aromatic rings. The van der Waals surface area contributed by atoms with Gasteiger partial charge in [0.15, 0.2) is 0 Å². The van der Waals surface area contributed by atoms with E-state index in [0.717, 1.165) is 25.8 Å². The highest BCUT2D eigenvalue weighted by Crippen LogP contribution is 2.35. The van der Waals surface area contributed by atoms with Gasteiger partial charge in [-0.2, -0.15) is 0 Å². The van der Waals surface area contributed by atoms with Crippen LogP contribution in [0.2, 0.25) is 0 Å². The van der Waals surface area contributed by atoms with Crippen LogP contribution in [0.5, 0.6) is 0 Å². The molecule has 5 heteroatoms. The van der Waals surface area contributed by atoms with Crippen LogP contribution in [0.15, 0.2) is 0 Å². The molecule has 4 nitrogen and oxygen atoms in total. The van der Waals surface area contributed by atoms with Crippen molar-refractivity contribution in [3.8, 4) is 0 Å². The zero-order chi connectivity index (χ0) is 11.8. The maximum Gasteiger partial charge on any atom is 0.147 e. The van der Waals surface area contributed by atoms with Crippen molar-refractivity contribution in [3.63, 3.8) is 0 Å². The standard InChI is InChI=1S/C11H21NO3S/c1-16(14,15)6-2-5-12-9-3-4-10(12)8-11(13)7-9/h9-11,13H,2-8H2,1H3. The topological polar surface area (TPSA) is 57.6 Å². The first-order valence-electron chi connectivity index (χ1n) is 6.07. The predicted molar refractivity (Wildman–Crippen MR) is 63.1 cm³/mol. The monoisotopic (exact) mass is 247 g/mol. The molecule has 0 radical (unpaired) electrons. The van der Waals surface area contributed by atoms with Gasteiger partial charge in [-0.1, -0.05) is 0 Å². The van der Waals surface area contributed by atoms with E-state index in [1.165, 1.54) is 19.1 Å². The highest BCUT2D eigenvalue weighted by atomic mass is 32.2. The third-order valence-corrected chi connectivity index (χ3v) is 4.82. The van der Waals surface area contributed by atoms with Crippen molar-refractivity contribution < 1.29 is 13.5 Å². The Labute approximate surface area is 97.6 Å². The Hall–Kier alpha value is -0.130. The molecular weight excluding hydrogens is 226 g/mol. The molecular formula is C11H21NO3S. The SMILES string of the molecule is CS(=O)(=O)CCCN1C2CCC1CC(O)C2. The smallest absolute Gasteiger partial charge is 0.147 e. The molecule has 2 bridgehead atoms. The second-order valence-electron chi connectivity index (χ2n) is 5.23. The van der Waals surface area contributed by atoms with Crippen molar-refractivity contribution in [2.24, 2.45) is 0 Å². The van der Waals surface area contributed by atoms with Crippen LogP contribution < -0.4 is 0 Å². The Bertz CT molecular complexity index is 327. The lowest BCUT2D eigenvalue weighted by Gasteiger charge is -2.37. The molecule has 0 saturated carbocycles. The van der Waals surface area contributed by atoms with Crippen molar-refractivity contribution in [1.82, 2.24) is 4.90 Å². The van der Waals surface area contributed by atoms with Crippen LogP contribution in [0.4, 0.5) is 0 Å². The molecule has 0 aromatic heterocycles. The summed E-state index contributed by atoms with van der Waals surface area (Å²) in [7, 11) is -2.83. The van der Waals surface area contributed by atoms with E-state index in [0.29, 0.717) is 12.1 Å². The molecule has 2 saturated heterocycles. The number of aliphatic hydroxyl groups is 1. The van der Waals surface area contributed by atoms with Gasteiger partial charge in [0, 0.05) is 18.3 Å². The molecule has 94 valence electrons. The maximum absolute atomic E-state index is 11.0. The van der Waals surface area contributed by atoms with Crippen molar-refractivity contribution in [3.05, 3.63) is 0 Å². The van der Waals surface area contributed by atoms with Gasteiger partial charge in [0.25, 0.3) is 0 Å². The zero-order valence-corrected chi connectivity index (χ0v) is 10.6. The first-order chi connectivity index (χ1) is 7.46. The van der Waals surface area contributed by atoms with Gasteiger partial charge in [0.05, 0.1) is 11.9 Å². The van der Waals surface area contributed by atoms with Crippen LogP contribution in [-0.2, 0) is 9.84 Å². The molecule has 0 aliphatic carbocycles. The van der Waals surface area contributed by atoms with Crippen LogP contribution >= 0.6 is 0 Å².